The molecule has 2 rings (SSSR count). The SMILES string of the molecule is CO[C@@](C)(C(=O)c1ccccc1)c1ccccc1. The van der Waals surface area contributed by atoms with E-state index in [0.29, 0.717) is 5.56 Å². The Morgan fingerprint density at radius 1 is 0.944 bits per heavy atom. The summed E-state index contributed by atoms with van der Waals surface area (Å²) >= 11 is 0. The molecule has 0 spiro atoms. The van der Waals surface area contributed by atoms with E-state index in [-0.39, 0.29) is 5.78 Å². The van der Waals surface area contributed by atoms with Crippen molar-refractivity contribution in [2.24, 2.45) is 0 Å². The van der Waals surface area contributed by atoms with Gasteiger partial charge in [-0.05, 0) is 12.5 Å². The second kappa shape index (κ2) is 5.15. The molecular weight excluding hydrogens is 224 g/mol. The summed E-state index contributed by atoms with van der Waals surface area (Å²) in [6.07, 6.45) is 0. The summed E-state index contributed by atoms with van der Waals surface area (Å²) in [6.45, 7) is 1.80. The summed E-state index contributed by atoms with van der Waals surface area (Å²) in [6, 6.07) is 18.8. The van der Waals surface area contributed by atoms with Crippen LogP contribution in [0, 0.1) is 0 Å². The minimum atomic E-state index is -0.942. The molecule has 0 bridgehead atoms. The lowest BCUT2D eigenvalue weighted by Gasteiger charge is -2.27. The van der Waals surface area contributed by atoms with Gasteiger partial charge in [0.2, 0.25) is 0 Å². The number of ether oxygens (including phenoxy) is 1. The van der Waals surface area contributed by atoms with Crippen molar-refractivity contribution in [3.8, 4) is 0 Å². The van der Waals surface area contributed by atoms with Crippen LogP contribution in [0.3, 0.4) is 0 Å². The molecule has 0 aliphatic carbocycles. The zero-order chi connectivity index (χ0) is 13.0. The van der Waals surface area contributed by atoms with Crippen molar-refractivity contribution in [1.29, 1.82) is 0 Å². The number of benzene rings is 2. The van der Waals surface area contributed by atoms with Crippen LogP contribution >= 0.6 is 0 Å². The van der Waals surface area contributed by atoms with Crippen LogP contribution in [-0.4, -0.2) is 12.9 Å². The minimum absolute atomic E-state index is 0.0307. The molecule has 2 aromatic carbocycles. The molecule has 0 aliphatic rings. The summed E-state index contributed by atoms with van der Waals surface area (Å²) in [5, 5.41) is 0. The van der Waals surface area contributed by atoms with E-state index in [4.69, 9.17) is 4.74 Å². The largest absolute Gasteiger partial charge is 0.366 e. The second-order valence-corrected chi connectivity index (χ2v) is 4.30. The number of rotatable bonds is 4. The van der Waals surface area contributed by atoms with Gasteiger partial charge in [0, 0.05) is 12.7 Å². The van der Waals surface area contributed by atoms with Crippen LogP contribution < -0.4 is 0 Å². The first-order valence-corrected chi connectivity index (χ1v) is 5.89. The van der Waals surface area contributed by atoms with E-state index in [0.717, 1.165) is 5.56 Å². The fraction of sp³-hybridized carbons (Fsp3) is 0.188. The molecule has 0 heterocycles. The topological polar surface area (TPSA) is 26.3 Å². The molecule has 0 aromatic heterocycles. The second-order valence-electron chi connectivity index (χ2n) is 4.30. The zero-order valence-corrected chi connectivity index (χ0v) is 10.6. The van der Waals surface area contributed by atoms with Gasteiger partial charge in [0.15, 0.2) is 11.4 Å². The van der Waals surface area contributed by atoms with Crippen LogP contribution in [0.2, 0.25) is 0 Å². The number of carbonyl (C=O) groups excluding carboxylic acids is 1. The Bertz CT molecular complexity index is 519. The molecule has 0 radical (unpaired) electrons. The Kier molecular flexibility index (Phi) is 3.58. The molecule has 0 saturated carbocycles. The molecule has 0 unspecified atom stereocenters. The Morgan fingerprint density at radius 2 is 1.44 bits per heavy atom. The number of methoxy groups -OCH3 is 1. The van der Waals surface area contributed by atoms with E-state index in [9.17, 15) is 4.79 Å². The lowest BCUT2D eigenvalue weighted by molar-refractivity contribution is 0.0101. The van der Waals surface area contributed by atoms with Crippen LogP contribution in [0.1, 0.15) is 22.8 Å². The average molecular weight is 240 g/mol. The van der Waals surface area contributed by atoms with Crippen molar-refractivity contribution in [3.05, 3.63) is 71.8 Å². The Morgan fingerprint density at radius 3 is 1.94 bits per heavy atom. The third-order valence-corrected chi connectivity index (χ3v) is 3.20. The molecule has 2 heteroatoms. The maximum Gasteiger partial charge on any atom is 0.198 e. The molecule has 18 heavy (non-hydrogen) atoms. The van der Waals surface area contributed by atoms with Crippen molar-refractivity contribution in [3.63, 3.8) is 0 Å². The van der Waals surface area contributed by atoms with Gasteiger partial charge in [0.1, 0.15) is 0 Å². The van der Waals surface area contributed by atoms with Crippen LogP contribution in [0.15, 0.2) is 60.7 Å². The third-order valence-electron chi connectivity index (χ3n) is 3.20. The number of hydrogen-bond donors (Lipinski definition) is 0. The van der Waals surface area contributed by atoms with Gasteiger partial charge in [-0.25, -0.2) is 0 Å². The predicted molar refractivity (Wildman–Crippen MR) is 71.6 cm³/mol. The van der Waals surface area contributed by atoms with Crippen molar-refractivity contribution in [1.82, 2.24) is 0 Å². The van der Waals surface area contributed by atoms with Gasteiger partial charge in [-0.15, -0.1) is 0 Å². The smallest absolute Gasteiger partial charge is 0.198 e. The minimum Gasteiger partial charge on any atom is -0.366 e. The van der Waals surface area contributed by atoms with E-state index in [2.05, 4.69) is 0 Å². The van der Waals surface area contributed by atoms with Gasteiger partial charge in [0.05, 0.1) is 0 Å². The lowest BCUT2D eigenvalue weighted by Crippen LogP contribution is -2.34. The van der Waals surface area contributed by atoms with Crippen molar-refractivity contribution >= 4 is 5.78 Å². The molecule has 0 saturated heterocycles. The predicted octanol–water partition coefficient (Wildman–Crippen LogP) is 3.43. The summed E-state index contributed by atoms with van der Waals surface area (Å²) < 4.78 is 5.49. The lowest BCUT2D eigenvalue weighted by atomic mass is 9.87. The summed E-state index contributed by atoms with van der Waals surface area (Å²) in [5.41, 5.74) is 0.579. The molecular formula is C16H16O2. The molecule has 0 fully saturated rings. The number of hydrogen-bond acceptors (Lipinski definition) is 2. The molecule has 0 amide bonds. The van der Waals surface area contributed by atoms with E-state index in [1.807, 2.05) is 60.7 Å². The van der Waals surface area contributed by atoms with Gasteiger partial charge in [-0.1, -0.05) is 60.7 Å². The van der Waals surface area contributed by atoms with Gasteiger partial charge >= 0.3 is 0 Å². The Balaban J connectivity index is 2.43. The summed E-state index contributed by atoms with van der Waals surface area (Å²) in [7, 11) is 1.56. The highest BCUT2D eigenvalue weighted by molar-refractivity contribution is 6.02. The molecule has 0 aliphatic heterocycles. The molecule has 92 valence electrons. The fourth-order valence-corrected chi connectivity index (χ4v) is 1.96. The number of ketones is 1. The molecule has 0 N–H and O–H groups in total. The van der Waals surface area contributed by atoms with Crippen LogP contribution in [-0.2, 0) is 10.3 Å². The highest BCUT2D eigenvalue weighted by Gasteiger charge is 2.35. The van der Waals surface area contributed by atoms with E-state index in [1.54, 1.807) is 14.0 Å². The van der Waals surface area contributed by atoms with Crippen molar-refractivity contribution in [2.75, 3.05) is 7.11 Å². The van der Waals surface area contributed by atoms with Crippen LogP contribution in [0.4, 0.5) is 0 Å². The van der Waals surface area contributed by atoms with Gasteiger partial charge in [0.25, 0.3) is 0 Å². The number of Topliss-reactive ketones (excluding diaryl/α,β-unsaturated/α-hetero) is 1. The normalized spacial score (nSPS) is 13.9. The summed E-state index contributed by atoms with van der Waals surface area (Å²) in [4.78, 5) is 12.6. The first kappa shape index (κ1) is 12.5. The molecule has 1 atom stereocenters. The molecule has 2 aromatic rings. The van der Waals surface area contributed by atoms with Crippen molar-refractivity contribution in [2.45, 2.75) is 12.5 Å². The average Bonchev–Trinajstić information content (AvgIpc) is 2.47. The Hall–Kier alpha value is -1.93. The monoisotopic (exact) mass is 240 g/mol. The molecule has 2 nitrogen and oxygen atoms in total. The standard InChI is InChI=1S/C16H16O2/c1-16(18-2,14-11-7-4-8-12-14)15(17)13-9-5-3-6-10-13/h3-12H,1-2H3/t16-/m1/s1. The van der Waals surface area contributed by atoms with E-state index < -0.39 is 5.60 Å². The summed E-state index contributed by atoms with van der Waals surface area (Å²) in [5.74, 6) is -0.0307. The number of carbonyl (C=O) groups is 1. The first-order chi connectivity index (χ1) is 8.68. The van der Waals surface area contributed by atoms with Crippen LogP contribution in [0.25, 0.3) is 0 Å². The highest BCUT2D eigenvalue weighted by Crippen LogP contribution is 2.28. The van der Waals surface area contributed by atoms with Crippen LogP contribution in [0.5, 0.6) is 0 Å². The Labute approximate surface area is 107 Å². The van der Waals surface area contributed by atoms with E-state index >= 15 is 0 Å². The quantitative estimate of drug-likeness (QED) is 0.765. The fourth-order valence-electron chi connectivity index (χ4n) is 1.96. The van der Waals surface area contributed by atoms with Crippen molar-refractivity contribution < 1.29 is 9.53 Å². The maximum absolute atomic E-state index is 12.6. The van der Waals surface area contributed by atoms with Gasteiger partial charge in [-0.2, -0.15) is 0 Å². The van der Waals surface area contributed by atoms with Gasteiger partial charge < -0.3 is 4.74 Å². The van der Waals surface area contributed by atoms with E-state index in [1.165, 1.54) is 0 Å². The van der Waals surface area contributed by atoms with Gasteiger partial charge in [-0.3, -0.25) is 4.79 Å². The third kappa shape index (κ3) is 2.20. The highest BCUT2D eigenvalue weighted by atomic mass is 16.5. The maximum atomic E-state index is 12.6. The first-order valence-electron chi connectivity index (χ1n) is 5.89. The zero-order valence-electron chi connectivity index (χ0n) is 10.6.